The normalized spacial score (nSPS) is 15.8. The molecule has 0 aromatic carbocycles. The second-order valence-corrected chi connectivity index (χ2v) is 5.29. The number of aliphatic hydroxyl groups excluding tert-OH is 1. The number of anilines is 2. The molecule has 1 aromatic heterocycles. The first-order valence-electron chi connectivity index (χ1n) is 6.58. The minimum absolute atomic E-state index is 0.0805. The van der Waals surface area contributed by atoms with Crippen molar-refractivity contribution in [3.8, 4) is 0 Å². The zero-order chi connectivity index (χ0) is 13.8. The first-order valence-corrected chi connectivity index (χ1v) is 6.96. The summed E-state index contributed by atoms with van der Waals surface area (Å²) in [5.41, 5.74) is 0. The summed E-state index contributed by atoms with van der Waals surface area (Å²) in [6, 6.07) is 0.389. The Morgan fingerprint density at radius 3 is 2.37 bits per heavy atom. The Morgan fingerprint density at radius 1 is 1.16 bits per heavy atom. The maximum Gasteiger partial charge on any atom is 0.231 e. The van der Waals surface area contributed by atoms with Crippen molar-refractivity contribution in [2.75, 3.05) is 37.0 Å². The summed E-state index contributed by atoms with van der Waals surface area (Å²) in [6.07, 6.45) is 4.65. The van der Waals surface area contributed by atoms with Crippen molar-refractivity contribution < 1.29 is 5.11 Å². The molecule has 19 heavy (non-hydrogen) atoms. The Kier molecular flexibility index (Phi) is 4.76. The molecule has 1 aliphatic carbocycles. The Morgan fingerprint density at radius 2 is 1.79 bits per heavy atom. The molecular formula is C12H20ClN5O. The molecule has 1 aliphatic rings. The molecule has 1 saturated carbocycles. The zero-order valence-electron chi connectivity index (χ0n) is 11.4. The van der Waals surface area contributed by atoms with E-state index in [0.29, 0.717) is 24.5 Å². The molecule has 0 unspecified atom stereocenters. The lowest BCUT2D eigenvalue weighted by atomic mass is 10.2. The number of rotatable bonds is 5. The van der Waals surface area contributed by atoms with E-state index in [2.05, 4.69) is 15.0 Å². The molecule has 1 N–H and O–H groups in total. The molecular weight excluding hydrogens is 266 g/mol. The van der Waals surface area contributed by atoms with Gasteiger partial charge < -0.3 is 14.9 Å². The van der Waals surface area contributed by atoms with Crippen LogP contribution in [0.4, 0.5) is 11.9 Å². The van der Waals surface area contributed by atoms with Gasteiger partial charge in [0.2, 0.25) is 17.2 Å². The lowest BCUT2D eigenvalue weighted by Gasteiger charge is -2.28. The first kappa shape index (κ1) is 14.3. The molecule has 1 fully saturated rings. The van der Waals surface area contributed by atoms with Gasteiger partial charge in [0.1, 0.15) is 0 Å². The highest BCUT2D eigenvalue weighted by molar-refractivity contribution is 6.28. The van der Waals surface area contributed by atoms with Gasteiger partial charge in [-0.15, -0.1) is 0 Å². The lowest BCUT2D eigenvalue weighted by molar-refractivity contribution is 0.296. The molecule has 7 heteroatoms. The summed E-state index contributed by atoms with van der Waals surface area (Å²) in [4.78, 5) is 16.6. The molecule has 2 rings (SSSR count). The van der Waals surface area contributed by atoms with E-state index in [1.807, 2.05) is 19.0 Å². The monoisotopic (exact) mass is 285 g/mol. The van der Waals surface area contributed by atoms with Crippen LogP contribution >= 0.6 is 11.6 Å². The highest BCUT2D eigenvalue weighted by atomic mass is 35.5. The molecule has 0 atom stereocenters. The maximum atomic E-state index is 9.25. The summed E-state index contributed by atoms with van der Waals surface area (Å²) < 4.78 is 0. The standard InChI is InChI=1S/C12H20ClN5O/c1-17(2)11-14-10(13)15-12(16-11)18(7-8-19)9-5-3-4-6-9/h9,19H,3-8H2,1-2H3. The van der Waals surface area contributed by atoms with Gasteiger partial charge in [0.25, 0.3) is 0 Å². The maximum absolute atomic E-state index is 9.25. The summed E-state index contributed by atoms with van der Waals surface area (Å²) in [5, 5.41) is 9.44. The van der Waals surface area contributed by atoms with Crippen LogP contribution < -0.4 is 9.80 Å². The number of aliphatic hydroxyl groups is 1. The van der Waals surface area contributed by atoms with Crippen LogP contribution in [0.25, 0.3) is 0 Å². The molecule has 0 amide bonds. The van der Waals surface area contributed by atoms with Gasteiger partial charge in [-0.3, -0.25) is 0 Å². The van der Waals surface area contributed by atoms with E-state index < -0.39 is 0 Å². The molecule has 0 spiro atoms. The van der Waals surface area contributed by atoms with Crippen LogP contribution in [0.2, 0.25) is 5.28 Å². The lowest BCUT2D eigenvalue weighted by Crippen LogP contribution is -2.37. The average molecular weight is 286 g/mol. The number of hydrogen-bond donors (Lipinski definition) is 1. The molecule has 1 aromatic rings. The van der Waals surface area contributed by atoms with Gasteiger partial charge >= 0.3 is 0 Å². The van der Waals surface area contributed by atoms with Gasteiger partial charge in [0, 0.05) is 26.7 Å². The Hall–Kier alpha value is -1.14. The third-order valence-electron chi connectivity index (χ3n) is 3.35. The quantitative estimate of drug-likeness (QED) is 0.880. The average Bonchev–Trinajstić information content (AvgIpc) is 2.88. The fourth-order valence-electron chi connectivity index (χ4n) is 2.43. The molecule has 0 bridgehead atoms. The van der Waals surface area contributed by atoms with Crippen LogP contribution in [0.5, 0.6) is 0 Å². The molecule has 6 nitrogen and oxygen atoms in total. The van der Waals surface area contributed by atoms with Crippen molar-refractivity contribution >= 4 is 23.5 Å². The Labute approximate surface area is 118 Å². The predicted molar refractivity (Wildman–Crippen MR) is 75.9 cm³/mol. The van der Waals surface area contributed by atoms with Gasteiger partial charge in [-0.1, -0.05) is 12.8 Å². The minimum Gasteiger partial charge on any atom is -0.395 e. The third kappa shape index (κ3) is 3.45. The van der Waals surface area contributed by atoms with E-state index in [1.54, 1.807) is 4.90 Å². The smallest absolute Gasteiger partial charge is 0.231 e. The van der Waals surface area contributed by atoms with Crippen molar-refractivity contribution in [3.63, 3.8) is 0 Å². The van der Waals surface area contributed by atoms with E-state index in [-0.39, 0.29) is 11.9 Å². The van der Waals surface area contributed by atoms with E-state index in [1.165, 1.54) is 12.8 Å². The van der Waals surface area contributed by atoms with Gasteiger partial charge in [-0.05, 0) is 24.4 Å². The van der Waals surface area contributed by atoms with Gasteiger partial charge in [-0.25, -0.2) is 0 Å². The van der Waals surface area contributed by atoms with Gasteiger partial charge in [-0.2, -0.15) is 15.0 Å². The van der Waals surface area contributed by atoms with Crippen LogP contribution in [0.1, 0.15) is 25.7 Å². The van der Waals surface area contributed by atoms with Crippen LogP contribution in [-0.4, -0.2) is 53.3 Å². The molecule has 0 saturated heterocycles. The summed E-state index contributed by atoms with van der Waals surface area (Å²) in [6.45, 7) is 0.606. The van der Waals surface area contributed by atoms with Crippen LogP contribution in [0.15, 0.2) is 0 Å². The number of nitrogens with zero attached hydrogens (tertiary/aromatic N) is 5. The van der Waals surface area contributed by atoms with E-state index in [9.17, 15) is 5.11 Å². The van der Waals surface area contributed by atoms with E-state index >= 15 is 0 Å². The topological polar surface area (TPSA) is 65.4 Å². The fourth-order valence-corrected chi connectivity index (χ4v) is 2.58. The van der Waals surface area contributed by atoms with Crippen molar-refractivity contribution in [1.29, 1.82) is 0 Å². The predicted octanol–water partition coefficient (Wildman–Crippen LogP) is 1.33. The second-order valence-electron chi connectivity index (χ2n) is 4.95. The zero-order valence-corrected chi connectivity index (χ0v) is 12.1. The Bertz CT molecular complexity index is 423. The largest absolute Gasteiger partial charge is 0.395 e. The SMILES string of the molecule is CN(C)c1nc(Cl)nc(N(CCO)C2CCCC2)n1. The van der Waals surface area contributed by atoms with Crippen LogP contribution in [-0.2, 0) is 0 Å². The van der Waals surface area contributed by atoms with Gasteiger partial charge in [0.05, 0.1) is 6.61 Å². The summed E-state index contributed by atoms with van der Waals surface area (Å²) in [5.74, 6) is 1.10. The fraction of sp³-hybridized carbons (Fsp3) is 0.750. The highest BCUT2D eigenvalue weighted by Crippen LogP contribution is 2.27. The van der Waals surface area contributed by atoms with Crippen LogP contribution in [0.3, 0.4) is 0 Å². The molecule has 0 radical (unpaired) electrons. The third-order valence-corrected chi connectivity index (χ3v) is 3.52. The van der Waals surface area contributed by atoms with E-state index in [4.69, 9.17) is 11.6 Å². The first-order chi connectivity index (χ1) is 9.11. The molecule has 106 valence electrons. The van der Waals surface area contributed by atoms with Crippen LogP contribution in [0, 0.1) is 0 Å². The van der Waals surface area contributed by atoms with Gasteiger partial charge in [0.15, 0.2) is 0 Å². The van der Waals surface area contributed by atoms with Crippen molar-refractivity contribution in [2.24, 2.45) is 0 Å². The Balaban J connectivity index is 2.29. The number of halogens is 1. The summed E-state index contributed by atoms with van der Waals surface area (Å²) >= 11 is 5.97. The van der Waals surface area contributed by atoms with E-state index in [0.717, 1.165) is 12.8 Å². The molecule has 1 heterocycles. The summed E-state index contributed by atoms with van der Waals surface area (Å²) in [7, 11) is 3.72. The minimum atomic E-state index is 0.0805. The van der Waals surface area contributed by atoms with Crippen molar-refractivity contribution in [3.05, 3.63) is 5.28 Å². The number of aromatic nitrogens is 3. The van der Waals surface area contributed by atoms with Crippen molar-refractivity contribution in [2.45, 2.75) is 31.7 Å². The second kappa shape index (κ2) is 6.34. The molecule has 0 aliphatic heterocycles. The number of hydrogen-bond acceptors (Lipinski definition) is 6. The highest BCUT2D eigenvalue weighted by Gasteiger charge is 2.25. The van der Waals surface area contributed by atoms with Crippen molar-refractivity contribution in [1.82, 2.24) is 15.0 Å².